The molecule has 2 atom stereocenters. The van der Waals surface area contributed by atoms with Gasteiger partial charge < -0.3 is 5.73 Å². The second-order valence-electron chi connectivity index (χ2n) is 5.39. The van der Waals surface area contributed by atoms with Gasteiger partial charge in [-0.2, -0.15) is 0 Å². The molecule has 1 aliphatic carbocycles. The maximum atomic E-state index is 5.81. The zero-order valence-corrected chi connectivity index (χ0v) is 10.5. The van der Waals surface area contributed by atoms with E-state index >= 15 is 0 Å². The zero-order chi connectivity index (χ0) is 11.3. The van der Waals surface area contributed by atoms with E-state index in [1.807, 2.05) is 0 Å². The van der Waals surface area contributed by atoms with Crippen LogP contribution in [-0.4, -0.2) is 12.4 Å². The third-order valence-corrected chi connectivity index (χ3v) is 3.47. The SMILES string of the molecule is CC1CCCC(CCN=C(N)C(C)C)C1. The lowest BCUT2D eigenvalue weighted by atomic mass is 9.81. The number of hydrogen-bond donors (Lipinski definition) is 1. The number of nitrogens with two attached hydrogens (primary N) is 1. The number of amidine groups is 1. The normalized spacial score (nSPS) is 28.4. The van der Waals surface area contributed by atoms with Crippen molar-refractivity contribution in [3.8, 4) is 0 Å². The van der Waals surface area contributed by atoms with E-state index in [0.29, 0.717) is 5.92 Å². The number of hydrogen-bond acceptors (Lipinski definition) is 1. The Morgan fingerprint density at radius 1 is 1.40 bits per heavy atom. The lowest BCUT2D eigenvalue weighted by Crippen LogP contribution is -2.20. The van der Waals surface area contributed by atoms with Crippen LogP contribution in [0.3, 0.4) is 0 Å². The van der Waals surface area contributed by atoms with Gasteiger partial charge >= 0.3 is 0 Å². The summed E-state index contributed by atoms with van der Waals surface area (Å²) in [6, 6.07) is 0. The van der Waals surface area contributed by atoms with E-state index in [0.717, 1.165) is 24.2 Å². The summed E-state index contributed by atoms with van der Waals surface area (Å²) < 4.78 is 0. The number of nitrogens with zero attached hydrogens (tertiary/aromatic N) is 1. The molecule has 1 aliphatic rings. The van der Waals surface area contributed by atoms with Crippen molar-refractivity contribution >= 4 is 5.84 Å². The summed E-state index contributed by atoms with van der Waals surface area (Å²) in [5.74, 6) is 3.04. The molecule has 0 aliphatic heterocycles. The Labute approximate surface area is 94.3 Å². The van der Waals surface area contributed by atoms with Crippen LogP contribution in [0.25, 0.3) is 0 Å². The molecule has 0 aromatic carbocycles. The molecule has 2 unspecified atom stereocenters. The van der Waals surface area contributed by atoms with Gasteiger partial charge in [0.15, 0.2) is 0 Å². The molecule has 0 spiro atoms. The molecule has 0 saturated heterocycles. The highest BCUT2D eigenvalue weighted by atomic mass is 14.9. The topological polar surface area (TPSA) is 38.4 Å². The molecule has 1 saturated carbocycles. The van der Waals surface area contributed by atoms with Crippen molar-refractivity contribution in [3.05, 3.63) is 0 Å². The maximum Gasteiger partial charge on any atom is 0.0962 e. The summed E-state index contributed by atoms with van der Waals surface area (Å²) >= 11 is 0. The fraction of sp³-hybridized carbons (Fsp3) is 0.923. The third-order valence-electron chi connectivity index (χ3n) is 3.47. The van der Waals surface area contributed by atoms with Gasteiger partial charge in [0.2, 0.25) is 0 Å². The van der Waals surface area contributed by atoms with Crippen LogP contribution >= 0.6 is 0 Å². The summed E-state index contributed by atoms with van der Waals surface area (Å²) in [6.45, 7) is 7.50. The molecule has 15 heavy (non-hydrogen) atoms. The van der Waals surface area contributed by atoms with Gasteiger partial charge in [-0.05, 0) is 24.7 Å². The predicted molar refractivity (Wildman–Crippen MR) is 67.1 cm³/mol. The van der Waals surface area contributed by atoms with Gasteiger partial charge in [-0.1, -0.05) is 40.0 Å². The van der Waals surface area contributed by atoms with Gasteiger partial charge in [-0.3, -0.25) is 4.99 Å². The fourth-order valence-electron chi connectivity index (χ4n) is 2.38. The Kier molecular flexibility index (Phi) is 5.13. The molecule has 0 aromatic rings. The third kappa shape index (κ3) is 4.67. The first kappa shape index (κ1) is 12.5. The average molecular weight is 210 g/mol. The quantitative estimate of drug-likeness (QED) is 0.561. The molecule has 1 rings (SSSR count). The molecule has 0 heterocycles. The standard InChI is InChI=1S/C13H26N2/c1-10(2)13(14)15-8-7-12-6-4-5-11(3)9-12/h10-12H,4-9H2,1-3H3,(H2,14,15). The van der Waals surface area contributed by atoms with E-state index in [1.54, 1.807) is 0 Å². The van der Waals surface area contributed by atoms with Crippen molar-refractivity contribution in [1.29, 1.82) is 0 Å². The molecular formula is C13H26N2. The van der Waals surface area contributed by atoms with Crippen LogP contribution in [0.15, 0.2) is 4.99 Å². The van der Waals surface area contributed by atoms with E-state index in [-0.39, 0.29) is 0 Å². The monoisotopic (exact) mass is 210 g/mol. The second-order valence-corrected chi connectivity index (χ2v) is 5.39. The molecule has 2 heteroatoms. The lowest BCUT2D eigenvalue weighted by molar-refractivity contribution is 0.272. The Hall–Kier alpha value is -0.530. The summed E-state index contributed by atoms with van der Waals surface area (Å²) in [4.78, 5) is 4.44. The van der Waals surface area contributed by atoms with Crippen molar-refractivity contribution in [2.45, 2.75) is 52.9 Å². The summed E-state index contributed by atoms with van der Waals surface area (Å²) in [5.41, 5.74) is 5.81. The minimum atomic E-state index is 0.398. The van der Waals surface area contributed by atoms with Gasteiger partial charge in [0.1, 0.15) is 0 Å². The lowest BCUT2D eigenvalue weighted by Gasteiger charge is -2.26. The van der Waals surface area contributed by atoms with Crippen molar-refractivity contribution < 1.29 is 0 Å². The fourth-order valence-corrected chi connectivity index (χ4v) is 2.38. The van der Waals surface area contributed by atoms with E-state index in [2.05, 4.69) is 25.8 Å². The van der Waals surface area contributed by atoms with Crippen LogP contribution in [0.4, 0.5) is 0 Å². The Balaban J connectivity index is 2.22. The van der Waals surface area contributed by atoms with Crippen LogP contribution in [0.1, 0.15) is 52.9 Å². The highest BCUT2D eigenvalue weighted by Crippen LogP contribution is 2.30. The number of aliphatic imine (C=N–C) groups is 1. The van der Waals surface area contributed by atoms with Crippen LogP contribution in [0, 0.1) is 17.8 Å². The van der Waals surface area contributed by atoms with Crippen LogP contribution in [0.5, 0.6) is 0 Å². The van der Waals surface area contributed by atoms with E-state index in [1.165, 1.54) is 32.1 Å². The van der Waals surface area contributed by atoms with Gasteiger partial charge in [-0.25, -0.2) is 0 Å². The summed E-state index contributed by atoms with van der Waals surface area (Å²) in [5, 5.41) is 0. The van der Waals surface area contributed by atoms with Crippen LogP contribution in [-0.2, 0) is 0 Å². The molecule has 0 aromatic heterocycles. The molecule has 2 N–H and O–H groups in total. The summed E-state index contributed by atoms with van der Waals surface area (Å²) in [7, 11) is 0. The molecule has 0 amide bonds. The first-order valence-corrected chi connectivity index (χ1v) is 6.39. The van der Waals surface area contributed by atoms with Crippen LogP contribution in [0.2, 0.25) is 0 Å². The average Bonchev–Trinajstić information content (AvgIpc) is 2.17. The van der Waals surface area contributed by atoms with E-state index in [9.17, 15) is 0 Å². The second kappa shape index (κ2) is 6.14. The Morgan fingerprint density at radius 3 is 2.73 bits per heavy atom. The highest BCUT2D eigenvalue weighted by Gasteiger charge is 2.18. The Bertz CT molecular complexity index is 209. The van der Waals surface area contributed by atoms with Crippen molar-refractivity contribution in [3.63, 3.8) is 0 Å². The first-order valence-electron chi connectivity index (χ1n) is 6.39. The maximum absolute atomic E-state index is 5.81. The zero-order valence-electron chi connectivity index (χ0n) is 10.5. The highest BCUT2D eigenvalue weighted by molar-refractivity contribution is 5.82. The summed E-state index contributed by atoms with van der Waals surface area (Å²) in [6.07, 6.45) is 6.87. The Morgan fingerprint density at radius 2 is 2.13 bits per heavy atom. The van der Waals surface area contributed by atoms with Gasteiger partial charge in [0.05, 0.1) is 5.84 Å². The first-order chi connectivity index (χ1) is 7.09. The van der Waals surface area contributed by atoms with Crippen molar-refractivity contribution in [2.75, 3.05) is 6.54 Å². The van der Waals surface area contributed by atoms with Crippen molar-refractivity contribution in [1.82, 2.24) is 0 Å². The van der Waals surface area contributed by atoms with Gasteiger partial charge in [0, 0.05) is 12.5 Å². The van der Waals surface area contributed by atoms with Gasteiger partial charge in [0.25, 0.3) is 0 Å². The van der Waals surface area contributed by atoms with E-state index < -0.39 is 0 Å². The minimum Gasteiger partial charge on any atom is -0.387 e. The van der Waals surface area contributed by atoms with Crippen molar-refractivity contribution in [2.24, 2.45) is 28.5 Å². The molecule has 0 bridgehead atoms. The predicted octanol–water partition coefficient (Wildman–Crippen LogP) is 3.22. The largest absolute Gasteiger partial charge is 0.387 e. The smallest absolute Gasteiger partial charge is 0.0962 e. The van der Waals surface area contributed by atoms with Gasteiger partial charge in [-0.15, -0.1) is 0 Å². The van der Waals surface area contributed by atoms with E-state index in [4.69, 9.17) is 5.73 Å². The molecule has 88 valence electrons. The molecule has 2 nitrogen and oxygen atoms in total. The molecular weight excluding hydrogens is 184 g/mol. The molecule has 0 radical (unpaired) electrons. The minimum absolute atomic E-state index is 0.398. The molecule has 1 fully saturated rings. The number of rotatable bonds is 4. The van der Waals surface area contributed by atoms with Crippen LogP contribution < -0.4 is 5.73 Å².